The summed E-state index contributed by atoms with van der Waals surface area (Å²) >= 11 is 0. The second kappa shape index (κ2) is 6.13. The average Bonchev–Trinajstić information content (AvgIpc) is 2.26. The molecule has 0 unspecified atom stereocenters. The minimum Gasteiger partial charge on any atom is -0.508 e. The van der Waals surface area contributed by atoms with Gasteiger partial charge in [0.2, 0.25) is 0 Å². The third kappa shape index (κ3) is 3.98. The fourth-order valence-corrected chi connectivity index (χ4v) is 1.48. The number of anilines is 1. The molecule has 2 amide bonds. The fraction of sp³-hybridized carbons (Fsp3) is 0.462. The van der Waals surface area contributed by atoms with Gasteiger partial charge < -0.3 is 15.7 Å². The van der Waals surface area contributed by atoms with E-state index >= 15 is 0 Å². The number of phenolic OH excluding ortho intramolecular Hbond substituents is 1. The molecule has 4 heteroatoms. The Balaban J connectivity index is 2.62. The first kappa shape index (κ1) is 13.4. The van der Waals surface area contributed by atoms with E-state index in [2.05, 4.69) is 17.6 Å². The van der Waals surface area contributed by atoms with Crippen molar-refractivity contribution in [2.45, 2.75) is 33.6 Å². The number of aryl methyl sites for hydroxylation is 2. The summed E-state index contributed by atoms with van der Waals surface area (Å²) in [5, 5.41) is 15.1. The molecule has 4 nitrogen and oxygen atoms in total. The molecule has 1 rings (SSSR count). The summed E-state index contributed by atoms with van der Waals surface area (Å²) in [6.45, 7) is 6.40. The molecule has 0 atom stereocenters. The highest BCUT2D eigenvalue weighted by molar-refractivity contribution is 5.90. The third-order valence-electron chi connectivity index (χ3n) is 2.61. The Morgan fingerprint density at radius 3 is 2.65 bits per heavy atom. The van der Waals surface area contributed by atoms with Crippen LogP contribution in [0.4, 0.5) is 10.5 Å². The number of hydrogen-bond acceptors (Lipinski definition) is 2. The Kier molecular flexibility index (Phi) is 4.82. The van der Waals surface area contributed by atoms with Crippen LogP contribution in [0.5, 0.6) is 5.75 Å². The quantitative estimate of drug-likeness (QED) is 0.556. The van der Waals surface area contributed by atoms with E-state index in [4.69, 9.17) is 0 Å². The van der Waals surface area contributed by atoms with Crippen LogP contribution in [0.3, 0.4) is 0 Å². The van der Waals surface area contributed by atoms with Crippen LogP contribution >= 0.6 is 0 Å². The summed E-state index contributed by atoms with van der Waals surface area (Å²) in [7, 11) is 0. The number of hydrogen-bond donors (Lipinski definition) is 3. The zero-order chi connectivity index (χ0) is 12.8. The van der Waals surface area contributed by atoms with Crippen molar-refractivity contribution < 1.29 is 9.90 Å². The van der Waals surface area contributed by atoms with Crippen LogP contribution in [0, 0.1) is 13.8 Å². The number of carbonyl (C=O) groups is 1. The molecular formula is C13H20N2O2. The molecule has 3 N–H and O–H groups in total. The lowest BCUT2D eigenvalue weighted by molar-refractivity contribution is 0.252. The molecule has 0 saturated carbocycles. The zero-order valence-corrected chi connectivity index (χ0v) is 10.6. The van der Waals surface area contributed by atoms with Crippen molar-refractivity contribution in [3.05, 3.63) is 23.3 Å². The van der Waals surface area contributed by atoms with Crippen molar-refractivity contribution in [1.29, 1.82) is 0 Å². The standard InChI is InChI=1S/C13H20N2O2/c1-4-5-6-14-13(17)15-11-7-10(3)12(16)8-9(11)2/h7-8,16H,4-6H2,1-3H3,(H2,14,15,17). The van der Waals surface area contributed by atoms with Crippen molar-refractivity contribution in [1.82, 2.24) is 5.32 Å². The Hall–Kier alpha value is -1.71. The Morgan fingerprint density at radius 1 is 1.29 bits per heavy atom. The van der Waals surface area contributed by atoms with Crippen molar-refractivity contribution in [3.63, 3.8) is 0 Å². The summed E-state index contributed by atoms with van der Waals surface area (Å²) < 4.78 is 0. The molecule has 0 spiro atoms. The molecule has 0 aliphatic carbocycles. The molecule has 1 aromatic rings. The summed E-state index contributed by atoms with van der Waals surface area (Å²) in [6, 6.07) is 3.22. The van der Waals surface area contributed by atoms with Crippen LogP contribution in [0.15, 0.2) is 12.1 Å². The van der Waals surface area contributed by atoms with E-state index in [0.717, 1.165) is 29.7 Å². The zero-order valence-electron chi connectivity index (χ0n) is 10.6. The molecule has 0 aliphatic heterocycles. The van der Waals surface area contributed by atoms with Gasteiger partial charge in [-0.1, -0.05) is 13.3 Å². The monoisotopic (exact) mass is 236 g/mol. The summed E-state index contributed by atoms with van der Waals surface area (Å²) in [5.41, 5.74) is 2.33. The number of phenols is 1. The number of carbonyl (C=O) groups excluding carboxylic acids is 1. The van der Waals surface area contributed by atoms with Crippen LogP contribution in [-0.2, 0) is 0 Å². The SMILES string of the molecule is CCCCNC(=O)Nc1cc(C)c(O)cc1C. The number of nitrogens with one attached hydrogen (secondary N) is 2. The van der Waals surface area contributed by atoms with Gasteiger partial charge in [0.25, 0.3) is 0 Å². The number of urea groups is 1. The van der Waals surface area contributed by atoms with Crippen LogP contribution in [-0.4, -0.2) is 17.7 Å². The van der Waals surface area contributed by atoms with E-state index in [9.17, 15) is 9.90 Å². The molecule has 0 radical (unpaired) electrons. The summed E-state index contributed by atoms with van der Waals surface area (Å²) in [6.07, 6.45) is 2.03. The highest BCUT2D eigenvalue weighted by Gasteiger charge is 2.06. The van der Waals surface area contributed by atoms with Gasteiger partial charge in [-0.15, -0.1) is 0 Å². The Morgan fingerprint density at radius 2 is 2.00 bits per heavy atom. The number of unbranched alkanes of at least 4 members (excludes halogenated alkanes) is 1. The molecule has 0 fully saturated rings. The predicted molar refractivity (Wildman–Crippen MR) is 69.5 cm³/mol. The third-order valence-corrected chi connectivity index (χ3v) is 2.61. The van der Waals surface area contributed by atoms with Gasteiger partial charge in [-0.25, -0.2) is 4.79 Å². The van der Waals surface area contributed by atoms with Gasteiger partial charge in [0.05, 0.1) is 0 Å². The van der Waals surface area contributed by atoms with Gasteiger partial charge in [-0.3, -0.25) is 0 Å². The lowest BCUT2D eigenvalue weighted by atomic mass is 10.1. The van der Waals surface area contributed by atoms with Crippen molar-refractivity contribution >= 4 is 11.7 Å². The summed E-state index contributed by atoms with van der Waals surface area (Å²) in [5.74, 6) is 0.249. The second-order valence-corrected chi connectivity index (χ2v) is 4.19. The number of aromatic hydroxyl groups is 1. The molecule has 0 saturated heterocycles. The first-order chi connectivity index (χ1) is 8.04. The lowest BCUT2D eigenvalue weighted by Gasteiger charge is -2.11. The van der Waals surface area contributed by atoms with Crippen molar-refractivity contribution in [2.24, 2.45) is 0 Å². The normalized spacial score (nSPS) is 10.1. The van der Waals surface area contributed by atoms with E-state index < -0.39 is 0 Å². The Labute approximate surface area is 102 Å². The summed E-state index contributed by atoms with van der Waals surface area (Å²) in [4.78, 5) is 11.6. The molecule has 17 heavy (non-hydrogen) atoms. The van der Waals surface area contributed by atoms with Crippen LogP contribution < -0.4 is 10.6 Å². The van der Waals surface area contributed by atoms with Gasteiger partial charge in [0, 0.05) is 12.2 Å². The molecule has 1 aromatic carbocycles. The van der Waals surface area contributed by atoms with Crippen LogP contribution in [0.25, 0.3) is 0 Å². The van der Waals surface area contributed by atoms with Crippen molar-refractivity contribution in [3.8, 4) is 5.75 Å². The molecule has 0 aliphatic rings. The fourth-order valence-electron chi connectivity index (χ4n) is 1.48. The molecule has 0 aromatic heterocycles. The average molecular weight is 236 g/mol. The highest BCUT2D eigenvalue weighted by Crippen LogP contribution is 2.24. The minimum absolute atomic E-state index is 0.202. The van der Waals surface area contributed by atoms with Gasteiger partial charge in [0.1, 0.15) is 5.75 Å². The highest BCUT2D eigenvalue weighted by atomic mass is 16.3. The number of benzene rings is 1. The maximum Gasteiger partial charge on any atom is 0.319 e. The van der Waals surface area contributed by atoms with Gasteiger partial charge in [0.15, 0.2) is 0 Å². The Bertz CT molecular complexity index is 403. The van der Waals surface area contributed by atoms with E-state index in [1.807, 2.05) is 6.92 Å². The minimum atomic E-state index is -0.202. The lowest BCUT2D eigenvalue weighted by Crippen LogP contribution is -2.29. The second-order valence-electron chi connectivity index (χ2n) is 4.19. The first-order valence-electron chi connectivity index (χ1n) is 5.89. The maximum atomic E-state index is 11.6. The smallest absolute Gasteiger partial charge is 0.319 e. The first-order valence-corrected chi connectivity index (χ1v) is 5.89. The maximum absolute atomic E-state index is 11.6. The topological polar surface area (TPSA) is 61.4 Å². The number of amides is 2. The molecule has 0 bridgehead atoms. The number of rotatable bonds is 4. The predicted octanol–water partition coefficient (Wildman–Crippen LogP) is 2.93. The van der Waals surface area contributed by atoms with Gasteiger partial charge >= 0.3 is 6.03 Å². The van der Waals surface area contributed by atoms with Gasteiger partial charge in [-0.2, -0.15) is 0 Å². The van der Waals surface area contributed by atoms with E-state index in [0.29, 0.717) is 6.54 Å². The largest absolute Gasteiger partial charge is 0.508 e. The molecule has 94 valence electrons. The molecular weight excluding hydrogens is 216 g/mol. The van der Waals surface area contributed by atoms with E-state index in [1.165, 1.54) is 0 Å². The van der Waals surface area contributed by atoms with Gasteiger partial charge in [-0.05, 0) is 43.5 Å². The van der Waals surface area contributed by atoms with E-state index in [-0.39, 0.29) is 11.8 Å². The van der Waals surface area contributed by atoms with Crippen LogP contribution in [0.1, 0.15) is 30.9 Å². The van der Waals surface area contributed by atoms with Crippen LogP contribution in [0.2, 0.25) is 0 Å². The molecule has 0 heterocycles. The van der Waals surface area contributed by atoms with E-state index in [1.54, 1.807) is 19.1 Å². The van der Waals surface area contributed by atoms with Crippen molar-refractivity contribution in [2.75, 3.05) is 11.9 Å².